The minimum Gasteiger partial charge on any atom is -0.487 e. The highest BCUT2D eigenvalue weighted by Gasteiger charge is 2.28. The van der Waals surface area contributed by atoms with E-state index in [1.807, 2.05) is 0 Å². The van der Waals surface area contributed by atoms with Crippen molar-refractivity contribution in [1.82, 2.24) is 10.2 Å². The maximum Gasteiger partial charge on any atom is 0.193 e. The van der Waals surface area contributed by atoms with Crippen LogP contribution in [0.25, 0.3) is 0 Å². The minimum absolute atomic E-state index is 0.114. The van der Waals surface area contributed by atoms with Crippen molar-refractivity contribution in [3.8, 4) is 5.75 Å². The van der Waals surface area contributed by atoms with Crippen LogP contribution in [0, 0.1) is 5.92 Å². The molecule has 1 fully saturated rings. The monoisotopic (exact) mass is 261 g/mol. The standard InChI is InChI=1S/C10H13Cl2N3O/c11-9-4-8(10(12)15-14-9)16-7-3-1-2-6(7)5-13/h4,6-7H,1-3,5,13H2. The van der Waals surface area contributed by atoms with Crippen molar-refractivity contribution in [2.75, 3.05) is 6.54 Å². The number of nitrogens with zero attached hydrogens (tertiary/aromatic N) is 2. The summed E-state index contributed by atoms with van der Waals surface area (Å²) < 4.78 is 5.79. The Morgan fingerprint density at radius 2 is 2.19 bits per heavy atom. The molecule has 0 spiro atoms. The van der Waals surface area contributed by atoms with Gasteiger partial charge in [-0.1, -0.05) is 23.2 Å². The first-order valence-electron chi connectivity index (χ1n) is 5.26. The van der Waals surface area contributed by atoms with Crippen LogP contribution in [0.4, 0.5) is 0 Å². The molecular weight excluding hydrogens is 249 g/mol. The number of hydrogen-bond acceptors (Lipinski definition) is 4. The molecule has 0 aromatic carbocycles. The van der Waals surface area contributed by atoms with E-state index in [2.05, 4.69) is 10.2 Å². The van der Waals surface area contributed by atoms with Gasteiger partial charge in [0, 0.05) is 12.0 Å². The minimum atomic E-state index is 0.114. The normalized spacial score (nSPS) is 24.7. The van der Waals surface area contributed by atoms with Crippen molar-refractivity contribution >= 4 is 23.2 Å². The highest BCUT2D eigenvalue weighted by atomic mass is 35.5. The fourth-order valence-electron chi connectivity index (χ4n) is 2.01. The van der Waals surface area contributed by atoms with E-state index in [0.29, 0.717) is 18.2 Å². The quantitative estimate of drug-likeness (QED) is 0.907. The summed E-state index contributed by atoms with van der Waals surface area (Å²) in [6, 6.07) is 1.59. The molecule has 0 bridgehead atoms. The van der Waals surface area contributed by atoms with Crippen LogP contribution in [-0.2, 0) is 0 Å². The summed E-state index contributed by atoms with van der Waals surface area (Å²) >= 11 is 11.6. The van der Waals surface area contributed by atoms with Crippen LogP contribution in [0.5, 0.6) is 5.75 Å². The Morgan fingerprint density at radius 1 is 1.38 bits per heavy atom. The van der Waals surface area contributed by atoms with Crippen LogP contribution < -0.4 is 10.5 Å². The Kier molecular flexibility index (Phi) is 3.84. The van der Waals surface area contributed by atoms with Crippen LogP contribution in [0.1, 0.15) is 19.3 Å². The van der Waals surface area contributed by atoms with E-state index >= 15 is 0 Å². The largest absolute Gasteiger partial charge is 0.487 e. The predicted molar refractivity (Wildman–Crippen MR) is 62.9 cm³/mol. The van der Waals surface area contributed by atoms with E-state index in [1.165, 1.54) is 0 Å². The molecule has 4 nitrogen and oxygen atoms in total. The maximum atomic E-state index is 5.88. The van der Waals surface area contributed by atoms with Crippen LogP contribution >= 0.6 is 23.2 Å². The van der Waals surface area contributed by atoms with E-state index in [0.717, 1.165) is 19.3 Å². The zero-order chi connectivity index (χ0) is 11.5. The molecule has 2 N–H and O–H groups in total. The lowest BCUT2D eigenvalue weighted by Gasteiger charge is -2.19. The zero-order valence-electron chi connectivity index (χ0n) is 8.70. The van der Waals surface area contributed by atoms with Gasteiger partial charge in [0.25, 0.3) is 0 Å². The van der Waals surface area contributed by atoms with Gasteiger partial charge >= 0.3 is 0 Å². The molecule has 1 aliphatic carbocycles. The predicted octanol–water partition coefficient (Wildman–Crippen LogP) is 2.29. The molecule has 1 heterocycles. The number of aromatic nitrogens is 2. The second-order valence-electron chi connectivity index (χ2n) is 3.91. The lowest BCUT2D eigenvalue weighted by Crippen LogP contribution is -2.27. The van der Waals surface area contributed by atoms with Crippen LogP contribution in [-0.4, -0.2) is 22.8 Å². The van der Waals surface area contributed by atoms with E-state index in [9.17, 15) is 0 Å². The van der Waals surface area contributed by atoms with Gasteiger partial charge in [-0.3, -0.25) is 0 Å². The Labute approximate surface area is 104 Å². The first-order valence-corrected chi connectivity index (χ1v) is 6.01. The number of ether oxygens (including phenoxy) is 1. The van der Waals surface area contributed by atoms with Gasteiger partial charge in [-0.15, -0.1) is 10.2 Å². The molecule has 1 saturated carbocycles. The van der Waals surface area contributed by atoms with Gasteiger partial charge in [-0.25, -0.2) is 0 Å². The topological polar surface area (TPSA) is 61.0 Å². The molecule has 0 aliphatic heterocycles. The third-order valence-electron chi connectivity index (χ3n) is 2.86. The molecule has 6 heteroatoms. The Morgan fingerprint density at radius 3 is 2.94 bits per heavy atom. The maximum absolute atomic E-state index is 5.88. The summed E-state index contributed by atoms with van der Waals surface area (Å²) in [5.41, 5.74) is 5.68. The van der Waals surface area contributed by atoms with Gasteiger partial charge in [0.15, 0.2) is 16.1 Å². The summed E-state index contributed by atoms with van der Waals surface area (Å²) in [5, 5.41) is 7.85. The summed E-state index contributed by atoms with van der Waals surface area (Å²) in [4.78, 5) is 0. The fourth-order valence-corrected chi connectivity index (χ4v) is 2.28. The first-order chi connectivity index (χ1) is 7.70. The second-order valence-corrected chi connectivity index (χ2v) is 4.65. The smallest absolute Gasteiger partial charge is 0.193 e. The first kappa shape index (κ1) is 11.9. The molecule has 2 atom stereocenters. The molecule has 2 rings (SSSR count). The average molecular weight is 262 g/mol. The van der Waals surface area contributed by atoms with Crippen molar-refractivity contribution in [2.45, 2.75) is 25.4 Å². The van der Waals surface area contributed by atoms with Crippen LogP contribution in [0.15, 0.2) is 6.07 Å². The average Bonchev–Trinajstić information content (AvgIpc) is 2.71. The molecule has 1 aliphatic rings. The van der Waals surface area contributed by atoms with Crippen molar-refractivity contribution in [3.63, 3.8) is 0 Å². The van der Waals surface area contributed by atoms with E-state index < -0.39 is 0 Å². The highest BCUT2D eigenvalue weighted by molar-refractivity contribution is 6.32. The molecule has 0 saturated heterocycles. The molecule has 1 aromatic rings. The van der Waals surface area contributed by atoms with Gasteiger partial charge in [0.05, 0.1) is 0 Å². The molecule has 16 heavy (non-hydrogen) atoms. The van der Waals surface area contributed by atoms with Gasteiger partial charge in [0.2, 0.25) is 0 Å². The third kappa shape index (κ3) is 2.56. The Bertz CT molecular complexity index is 375. The third-order valence-corrected chi connectivity index (χ3v) is 3.30. The molecule has 0 amide bonds. The SMILES string of the molecule is NCC1CCCC1Oc1cc(Cl)nnc1Cl. The summed E-state index contributed by atoms with van der Waals surface area (Å²) in [7, 11) is 0. The van der Waals surface area contributed by atoms with Crippen molar-refractivity contribution in [3.05, 3.63) is 16.4 Å². The van der Waals surface area contributed by atoms with Gasteiger partial charge < -0.3 is 10.5 Å². The van der Waals surface area contributed by atoms with Crippen molar-refractivity contribution in [2.24, 2.45) is 11.7 Å². The Balaban J connectivity index is 2.11. The number of rotatable bonds is 3. The molecule has 0 radical (unpaired) electrons. The zero-order valence-corrected chi connectivity index (χ0v) is 10.2. The van der Waals surface area contributed by atoms with Gasteiger partial charge in [-0.05, 0) is 25.8 Å². The number of halogens is 2. The second kappa shape index (κ2) is 5.17. The summed E-state index contributed by atoms with van der Waals surface area (Å²) in [6.07, 6.45) is 3.35. The fraction of sp³-hybridized carbons (Fsp3) is 0.600. The lowest BCUT2D eigenvalue weighted by molar-refractivity contribution is 0.161. The van der Waals surface area contributed by atoms with E-state index in [-0.39, 0.29) is 16.4 Å². The van der Waals surface area contributed by atoms with Gasteiger partial charge in [0.1, 0.15) is 6.10 Å². The summed E-state index contributed by atoms with van der Waals surface area (Å²) in [6.45, 7) is 0.633. The van der Waals surface area contributed by atoms with Gasteiger partial charge in [-0.2, -0.15) is 0 Å². The molecule has 1 aromatic heterocycles. The molecule has 2 unspecified atom stereocenters. The molecular formula is C10H13Cl2N3O. The van der Waals surface area contributed by atoms with Crippen LogP contribution in [0.3, 0.4) is 0 Å². The van der Waals surface area contributed by atoms with Crippen molar-refractivity contribution < 1.29 is 4.74 Å². The Hall–Kier alpha value is -0.580. The number of hydrogen-bond donors (Lipinski definition) is 1. The van der Waals surface area contributed by atoms with E-state index in [4.69, 9.17) is 33.7 Å². The highest BCUT2D eigenvalue weighted by Crippen LogP contribution is 2.32. The number of nitrogens with two attached hydrogens (primary N) is 1. The summed E-state index contributed by atoms with van der Waals surface area (Å²) in [5.74, 6) is 0.884. The molecule has 88 valence electrons. The van der Waals surface area contributed by atoms with Crippen molar-refractivity contribution in [1.29, 1.82) is 0 Å². The van der Waals surface area contributed by atoms with E-state index in [1.54, 1.807) is 6.07 Å². The van der Waals surface area contributed by atoms with Crippen LogP contribution in [0.2, 0.25) is 10.3 Å². The lowest BCUT2D eigenvalue weighted by atomic mass is 10.1.